The monoisotopic (exact) mass is 423 g/mol. The minimum absolute atomic E-state index is 0.213. The topological polar surface area (TPSA) is 82.5 Å². The van der Waals surface area contributed by atoms with Crippen LogP contribution in [-0.4, -0.2) is 40.6 Å². The van der Waals surface area contributed by atoms with Gasteiger partial charge in [0, 0.05) is 6.54 Å². The van der Waals surface area contributed by atoms with E-state index in [2.05, 4.69) is 10.4 Å². The molecule has 0 aliphatic heterocycles. The maximum atomic E-state index is 12.0. The Labute approximate surface area is 143 Å². The van der Waals surface area contributed by atoms with Crippen molar-refractivity contribution in [3.05, 3.63) is 15.5 Å². The number of hydrogen-bond acceptors (Lipinski definition) is 5. The molecule has 8 heteroatoms. The third kappa shape index (κ3) is 5.47. The molecule has 1 N–H and O–H groups in total. The van der Waals surface area contributed by atoms with E-state index in [-0.39, 0.29) is 6.04 Å². The van der Waals surface area contributed by atoms with Crippen LogP contribution in [0.2, 0.25) is 0 Å². The van der Waals surface area contributed by atoms with Gasteiger partial charge in [0.05, 0.1) is 22.4 Å². The van der Waals surface area contributed by atoms with Crippen LogP contribution >= 0.6 is 22.6 Å². The van der Waals surface area contributed by atoms with Crippen molar-refractivity contribution < 1.29 is 19.1 Å². The molecule has 22 heavy (non-hydrogen) atoms. The van der Waals surface area contributed by atoms with Crippen LogP contribution in [0, 0.1) is 3.57 Å². The first-order chi connectivity index (χ1) is 10.2. The van der Waals surface area contributed by atoms with Crippen LogP contribution < -0.4 is 5.32 Å². The van der Waals surface area contributed by atoms with Crippen LogP contribution in [0.4, 0.5) is 4.79 Å². The fourth-order valence-corrected chi connectivity index (χ4v) is 2.29. The second-order valence-electron chi connectivity index (χ2n) is 5.74. The van der Waals surface area contributed by atoms with Gasteiger partial charge in [0.15, 0.2) is 5.69 Å². The first kappa shape index (κ1) is 18.7. The predicted molar refractivity (Wildman–Crippen MR) is 89.8 cm³/mol. The average Bonchev–Trinajstić information content (AvgIpc) is 2.76. The quantitative estimate of drug-likeness (QED) is 0.582. The minimum atomic E-state index is -0.551. The largest absolute Gasteiger partial charge is 0.461 e. The lowest BCUT2D eigenvalue weighted by molar-refractivity contribution is 0.0506. The van der Waals surface area contributed by atoms with Crippen molar-refractivity contribution in [2.24, 2.45) is 0 Å². The molecule has 1 aromatic rings. The van der Waals surface area contributed by atoms with E-state index in [0.29, 0.717) is 22.4 Å². The van der Waals surface area contributed by atoms with E-state index < -0.39 is 17.7 Å². The van der Waals surface area contributed by atoms with E-state index in [1.807, 2.05) is 29.5 Å². The number of aromatic nitrogens is 2. The van der Waals surface area contributed by atoms with Crippen molar-refractivity contribution in [2.45, 2.75) is 46.3 Å². The Morgan fingerprint density at radius 3 is 2.64 bits per heavy atom. The zero-order chi connectivity index (χ0) is 16.9. The summed E-state index contributed by atoms with van der Waals surface area (Å²) in [6, 6.07) is -0.213. The lowest BCUT2D eigenvalue weighted by atomic mass is 10.2. The zero-order valence-corrected chi connectivity index (χ0v) is 15.6. The van der Waals surface area contributed by atoms with Gasteiger partial charge in [-0.05, 0) is 57.2 Å². The second-order valence-corrected chi connectivity index (χ2v) is 6.90. The van der Waals surface area contributed by atoms with Crippen LogP contribution in [0.25, 0.3) is 0 Å². The van der Waals surface area contributed by atoms with Gasteiger partial charge < -0.3 is 14.8 Å². The summed E-state index contributed by atoms with van der Waals surface area (Å²) in [5, 5.41) is 6.86. The Balaban J connectivity index is 2.72. The van der Waals surface area contributed by atoms with Crippen molar-refractivity contribution in [2.75, 3.05) is 13.2 Å². The Hall–Kier alpha value is -1.32. The first-order valence-electron chi connectivity index (χ1n) is 7.02. The first-order valence-corrected chi connectivity index (χ1v) is 8.10. The highest BCUT2D eigenvalue weighted by atomic mass is 127. The maximum absolute atomic E-state index is 12.0. The lowest BCUT2D eigenvalue weighted by Gasteiger charge is -2.21. The van der Waals surface area contributed by atoms with Gasteiger partial charge in [-0.15, -0.1) is 0 Å². The third-order valence-electron chi connectivity index (χ3n) is 2.58. The van der Waals surface area contributed by atoms with Gasteiger partial charge in [0.2, 0.25) is 0 Å². The highest BCUT2D eigenvalue weighted by molar-refractivity contribution is 14.1. The van der Waals surface area contributed by atoms with Crippen LogP contribution in [0.15, 0.2) is 6.20 Å². The van der Waals surface area contributed by atoms with Gasteiger partial charge >= 0.3 is 12.1 Å². The number of nitrogens with one attached hydrogen (secondary N) is 1. The summed E-state index contributed by atoms with van der Waals surface area (Å²) < 4.78 is 12.5. The third-order valence-corrected chi connectivity index (χ3v) is 3.37. The molecule has 1 aromatic heterocycles. The van der Waals surface area contributed by atoms with Crippen LogP contribution in [0.1, 0.15) is 51.1 Å². The molecule has 124 valence electrons. The van der Waals surface area contributed by atoms with E-state index in [0.717, 1.165) is 0 Å². The highest BCUT2D eigenvalue weighted by Gasteiger charge is 2.22. The fraction of sp³-hybridized carbons (Fsp3) is 0.643. The van der Waals surface area contributed by atoms with E-state index >= 15 is 0 Å². The Morgan fingerprint density at radius 1 is 1.45 bits per heavy atom. The van der Waals surface area contributed by atoms with Gasteiger partial charge in [-0.2, -0.15) is 5.10 Å². The molecule has 0 fully saturated rings. The molecule has 1 atom stereocenters. The molecule has 0 saturated heterocycles. The second kappa shape index (κ2) is 7.80. The van der Waals surface area contributed by atoms with Crippen molar-refractivity contribution in [3.8, 4) is 0 Å². The molecule has 0 aliphatic carbocycles. The molecule has 0 bridgehead atoms. The zero-order valence-electron chi connectivity index (χ0n) is 13.5. The Bertz CT molecular complexity index is 537. The molecule has 0 aliphatic rings. The number of hydrogen-bond donors (Lipinski definition) is 1. The van der Waals surface area contributed by atoms with E-state index in [1.54, 1.807) is 38.6 Å². The SMILES string of the molecule is CCOC(=O)c1c(I)cnn1[C@@H](C)CNC(=O)OC(C)(C)C. The molecule has 1 heterocycles. The molecule has 0 unspecified atom stereocenters. The van der Waals surface area contributed by atoms with Crippen molar-refractivity contribution in [3.63, 3.8) is 0 Å². The Morgan fingerprint density at radius 2 is 2.09 bits per heavy atom. The number of halogens is 1. The molecule has 1 amide bonds. The molecular weight excluding hydrogens is 401 g/mol. The summed E-state index contributed by atoms with van der Waals surface area (Å²) in [7, 11) is 0. The molecule has 1 rings (SSSR count). The van der Waals surface area contributed by atoms with Crippen LogP contribution in [0.5, 0.6) is 0 Å². The number of ether oxygens (including phenoxy) is 2. The van der Waals surface area contributed by atoms with Crippen molar-refractivity contribution in [1.29, 1.82) is 0 Å². The smallest absolute Gasteiger partial charge is 0.407 e. The van der Waals surface area contributed by atoms with E-state index in [9.17, 15) is 9.59 Å². The number of alkyl carbamates (subject to hydrolysis) is 1. The Kier molecular flexibility index (Phi) is 6.64. The number of nitrogens with zero attached hydrogens (tertiary/aromatic N) is 2. The lowest BCUT2D eigenvalue weighted by Crippen LogP contribution is -2.36. The average molecular weight is 423 g/mol. The van der Waals surface area contributed by atoms with Gasteiger partial charge in [-0.25, -0.2) is 9.59 Å². The number of carbonyl (C=O) groups excluding carboxylic acids is 2. The van der Waals surface area contributed by atoms with Crippen LogP contribution in [-0.2, 0) is 9.47 Å². The summed E-state index contributed by atoms with van der Waals surface area (Å²) in [4.78, 5) is 23.6. The van der Waals surface area contributed by atoms with Gasteiger partial charge in [0.1, 0.15) is 5.60 Å². The summed E-state index contributed by atoms with van der Waals surface area (Å²) in [5.41, 5.74) is -0.161. The normalized spacial score (nSPS) is 12.6. The molecule has 7 nitrogen and oxygen atoms in total. The van der Waals surface area contributed by atoms with Crippen molar-refractivity contribution >= 4 is 34.7 Å². The summed E-state index contributed by atoms with van der Waals surface area (Å²) in [5.74, 6) is -0.423. The number of carbonyl (C=O) groups is 2. The number of rotatable bonds is 5. The van der Waals surface area contributed by atoms with Gasteiger partial charge in [-0.1, -0.05) is 0 Å². The molecule has 0 radical (unpaired) electrons. The van der Waals surface area contributed by atoms with E-state index in [4.69, 9.17) is 9.47 Å². The highest BCUT2D eigenvalue weighted by Crippen LogP contribution is 2.17. The molecule has 0 spiro atoms. The minimum Gasteiger partial charge on any atom is -0.461 e. The van der Waals surface area contributed by atoms with Crippen molar-refractivity contribution in [1.82, 2.24) is 15.1 Å². The molecule has 0 saturated carbocycles. The molecule has 0 aromatic carbocycles. The number of esters is 1. The van der Waals surface area contributed by atoms with E-state index in [1.165, 1.54) is 0 Å². The van der Waals surface area contributed by atoms with Gasteiger partial charge in [-0.3, -0.25) is 4.68 Å². The summed E-state index contributed by atoms with van der Waals surface area (Å²) >= 11 is 2.03. The van der Waals surface area contributed by atoms with Crippen LogP contribution in [0.3, 0.4) is 0 Å². The predicted octanol–water partition coefficient (Wildman–Crippen LogP) is 2.75. The number of amides is 1. The van der Waals surface area contributed by atoms with Gasteiger partial charge in [0.25, 0.3) is 0 Å². The maximum Gasteiger partial charge on any atom is 0.407 e. The summed E-state index contributed by atoms with van der Waals surface area (Å²) in [6.45, 7) is 9.58. The summed E-state index contributed by atoms with van der Waals surface area (Å²) in [6.07, 6.45) is 1.09. The molecular formula is C14H22IN3O4. The standard InChI is InChI=1S/C14H22IN3O4/c1-6-21-12(19)11-10(15)8-17-18(11)9(2)7-16-13(20)22-14(3,4)5/h8-9H,6-7H2,1-5H3,(H,16,20)/t9-/m0/s1. The fourth-order valence-electron chi connectivity index (χ4n) is 1.70.